The number of ether oxygens (including phenoxy) is 1. The first-order chi connectivity index (χ1) is 13.1. The molecule has 140 valence electrons. The monoisotopic (exact) mass is 384 g/mol. The van der Waals surface area contributed by atoms with E-state index < -0.39 is 0 Å². The summed E-state index contributed by atoms with van der Waals surface area (Å²) >= 11 is 1.43. The Hall–Kier alpha value is -2.68. The molecule has 2 aromatic heterocycles. The van der Waals surface area contributed by atoms with E-state index in [-0.39, 0.29) is 11.2 Å². The van der Waals surface area contributed by atoms with Crippen molar-refractivity contribution in [1.82, 2.24) is 25.0 Å². The highest BCUT2D eigenvalue weighted by Crippen LogP contribution is 2.31. The van der Waals surface area contributed by atoms with Crippen molar-refractivity contribution in [2.24, 2.45) is 0 Å². The van der Waals surface area contributed by atoms with E-state index in [0.29, 0.717) is 22.4 Å². The van der Waals surface area contributed by atoms with Crippen LogP contribution in [0.2, 0.25) is 0 Å². The number of thioether (sulfide) groups is 1. The first kappa shape index (κ1) is 17.7. The van der Waals surface area contributed by atoms with Crippen LogP contribution in [0.1, 0.15) is 26.2 Å². The molecule has 0 saturated heterocycles. The largest absolute Gasteiger partial charge is 0.497 e. The van der Waals surface area contributed by atoms with E-state index in [2.05, 4.69) is 25.6 Å². The molecule has 0 radical (unpaired) electrons. The van der Waals surface area contributed by atoms with Crippen LogP contribution in [-0.4, -0.2) is 48.5 Å². The zero-order valence-electron chi connectivity index (χ0n) is 15.1. The highest BCUT2D eigenvalue weighted by Gasteiger charge is 2.26. The minimum Gasteiger partial charge on any atom is -0.497 e. The zero-order valence-corrected chi connectivity index (χ0v) is 15.9. The molecule has 8 nitrogen and oxygen atoms in total. The summed E-state index contributed by atoms with van der Waals surface area (Å²) in [6, 6.07) is 7.82. The van der Waals surface area contributed by atoms with Gasteiger partial charge in [0.1, 0.15) is 5.75 Å². The molecule has 2 heterocycles. The van der Waals surface area contributed by atoms with Crippen molar-refractivity contribution in [3.05, 3.63) is 30.5 Å². The summed E-state index contributed by atoms with van der Waals surface area (Å²) in [5.41, 5.74) is 2.12. The van der Waals surface area contributed by atoms with Crippen LogP contribution < -0.4 is 10.1 Å². The van der Waals surface area contributed by atoms with Crippen molar-refractivity contribution in [2.45, 2.75) is 37.5 Å². The van der Waals surface area contributed by atoms with Crippen LogP contribution in [0, 0.1) is 0 Å². The van der Waals surface area contributed by atoms with Crippen LogP contribution in [-0.2, 0) is 4.79 Å². The molecule has 4 rings (SSSR count). The van der Waals surface area contributed by atoms with E-state index in [0.717, 1.165) is 30.7 Å². The van der Waals surface area contributed by atoms with E-state index in [4.69, 9.17) is 4.74 Å². The number of anilines is 1. The van der Waals surface area contributed by atoms with E-state index in [1.807, 2.05) is 24.3 Å². The van der Waals surface area contributed by atoms with Gasteiger partial charge in [-0.05, 0) is 43.5 Å². The standard InChI is InChI=1S/C18H20N6O2S/c1-11(25)27-15-8-3-12(9-15)20-18-19-10-16-17(21-18)24(23-22-16)13-4-6-14(26-2)7-5-13/h4-7,10,12,15H,3,8-9H2,1-2H3,(H,19,20,21). The number of fused-ring (bicyclic) bond motifs is 1. The lowest BCUT2D eigenvalue weighted by Gasteiger charge is -2.12. The minimum absolute atomic E-state index is 0.174. The molecule has 1 aliphatic rings. The fourth-order valence-electron chi connectivity index (χ4n) is 3.29. The number of rotatable bonds is 5. The van der Waals surface area contributed by atoms with Crippen LogP contribution in [0.25, 0.3) is 16.9 Å². The molecule has 1 fully saturated rings. The predicted molar refractivity (Wildman–Crippen MR) is 104 cm³/mol. The van der Waals surface area contributed by atoms with Gasteiger partial charge in [-0.25, -0.2) is 4.98 Å². The molecule has 27 heavy (non-hydrogen) atoms. The van der Waals surface area contributed by atoms with Gasteiger partial charge in [0.25, 0.3) is 0 Å². The molecule has 1 aromatic carbocycles. The average molecular weight is 384 g/mol. The molecular formula is C18H20N6O2S. The van der Waals surface area contributed by atoms with Crippen molar-refractivity contribution >= 4 is 34.0 Å². The normalized spacial score (nSPS) is 19.3. The Bertz CT molecular complexity index is 958. The van der Waals surface area contributed by atoms with E-state index >= 15 is 0 Å². The van der Waals surface area contributed by atoms with Gasteiger partial charge >= 0.3 is 0 Å². The van der Waals surface area contributed by atoms with Crippen LogP contribution in [0.3, 0.4) is 0 Å². The third-order valence-corrected chi connectivity index (χ3v) is 5.65. The first-order valence-electron chi connectivity index (χ1n) is 8.79. The van der Waals surface area contributed by atoms with Gasteiger partial charge in [-0.15, -0.1) is 5.10 Å². The Kier molecular flexibility index (Phi) is 4.93. The van der Waals surface area contributed by atoms with Gasteiger partial charge in [0.05, 0.1) is 19.0 Å². The Labute approximate surface area is 160 Å². The number of carbonyl (C=O) groups is 1. The Morgan fingerprint density at radius 3 is 2.85 bits per heavy atom. The molecule has 9 heteroatoms. The number of hydrogen-bond acceptors (Lipinski definition) is 8. The summed E-state index contributed by atoms with van der Waals surface area (Å²) < 4.78 is 6.88. The van der Waals surface area contributed by atoms with Crippen LogP contribution in [0.5, 0.6) is 5.75 Å². The van der Waals surface area contributed by atoms with Gasteiger partial charge in [0.15, 0.2) is 16.3 Å². The highest BCUT2D eigenvalue weighted by atomic mass is 32.2. The molecule has 1 saturated carbocycles. The van der Waals surface area contributed by atoms with Crippen molar-refractivity contribution in [3.8, 4) is 11.4 Å². The zero-order chi connectivity index (χ0) is 18.8. The van der Waals surface area contributed by atoms with Crippen LogP contribution in [0.15, 0.2) is 30.5 Å². The SMILES string of the molecule is COc1ccc(-n2nnc3cnc(NC4CCC(SC(C)=O)C4)nc32)cc1. The summed E-state index contributed by atoms with van der Waals surface area (Å²) in [6.45, 7) is 1.62. The molecule has 2 unspecified atom stereocenters. The van der Waals surface area contributed by atoms with Crippen LogP contribution in [0.4, 0.5) is 5.95 Å². The maximum atomic E-state index is 11.3. The van der Waals surface area contributed by atoms with E-state index in [1.54, 1.807) is 24.9 Å². The molecule has 3 aromatic rings. The first-order valence-corrected chi connectivity index (χ1v) is 9.67. The predicted octanol–water partition coefficient (Wildman–Crippen LogP) is 2.83. The Morgan fingerprint density at radius 1 is 1.30 bits per heavy atom. The summed E-state index contributed by atoms with van der Waals surface area (Å²) in [7, 11) is 1.63. The van der Waals surface area contributed by atoms with Gasteiger partial charge in [0, 0.05) is 18.2 Å². The summed E-state index contributed by atoms with van der Waals surface area (Å²) in [6.07, 6.45) is 4.63. The molecule has 2 atom stereocenters. The lowest BCUT2D eigenvalue weighted by atomic mass is 10.2. The third kappa shape index (κ3) is 3.87. The highest BCUT2D eigenvalue weighted by molar-refractivity contribution is 8.14. The number of nitrogens with one attached hydrogen (secondary N) is 1. The van der Waals surface area contributed by atoms with Gasteiger partial charge < -0.3 is 10.1 Å². The van der Waals surface area contributed by atoms with Gasteiger partial charge in [-0.2, -0.15) is 9.67 Å². The number of aromatic nitrogens is 5. The number of methoxy groups -OCH3 is 1. The van der Waals surface area contributed by atoms with Crippen LogP contribution >= 0.6 is 11.8 Å². The number of carbonyl (C=O) groups excluding carboxylic acids is 1. The molecular weight excluding hydrogens is 364 g/mol. The lowest BCUT2D eigenvalue weighted by molar-refractivity contribution is -0.109. The molecule has 0 bridgehead atoms. The van der Waals surface area contributed by atoms with Crippen molar-refractivity contribution in [1.29, 1.82) is 0 Å². The Balaban J connectivity index is 1.54. The van der Waals surface area contributed by atoms with Crippen molar-refractivity contribution in [2.75, 3.05) is 12.4 Å². The smallest absolute Gasteiger partial charge is 0.225 e. The molecule has 0 spiro atoms. The second-order valence-electron chi connectivity index (χ2n) is 6.49. The second kappa shape index (κ2) is 7.51. The van der Waals surface area contributed by atoms with E-state index in [9.17, 15) is 4.79 Å². The lowest BCUT2D eigenvalue weighted by Crippen LogP contribution is -2.18. The third-order valence-electron chi connectivity index (χ3n) is 4.56. The summed E-state index contributed by atoms with van der Waals surface area (Å²) in [5.74, 6) is 1.33. The number of nitrogens with zero attached hydrogens (tertiary/aromatic N) is 5. The maximum absolute atomic E-state index is 11.3. The van der Waals surface area contributed by atoms with E-state index in [1.165, 1.54) is 11.8 Å². The Morgan fingerprint density at radius 2 is 2.11 bits per heavy atom. The van der Waals surface area contributed by atoms with Gasteiger partial charge in [-0.1, -0.05) is 17.0 Å². The van der Waals surface area contributed by atoms with Gasteiger partial charge in [0.2, 0.25) is 5.95 Å². The number of hydrogen-bond donors (Lipinski definition) is 1. The molecule has 1 N–H and O–H groups in total. The fourth-order valence-corrected chi connectivity index (χ4v) is 4.34. The van der Waals surface area contributed by atoms with Crippen molar-refractivity contribution in [3.63, 3.8) is 0 Å². The summed E-state index contributed by atoms with van der Waals surface area (Å²) in [4.78, 5) is 20.3. The number of benzene rings is 1. The minimum atomic E-state index is 0.174. The molecule has 1 aliphatic carbocycles. The topological polar surface area (TPSA) is 94.8 Å². The van der Waals surface area contributed by atoms with Gasteiger partial charge in [-0.3, -0.25) is 4.79 Å². The molecule has 0 aliphatic heterocycles. The van der Waals surface area contributed by atoms with Crippen molar-refractivity contribution < 1.29 is 9.53 Å². The maximum Gasteiger partial charge on any atom is 0.225 e. The second-order valence-corrected chi connectivity index (χ2v) is 7.96. The average Bonchev–Trinajstić information content (AvgIpc) is 3.28. The quantitative estimate of drug-likeness (QED) is 0.717. The molecule has 0 amide bonds. The fraction of sp³-hybridized carbons (Fsp3) is 0.389. The summed E-state index contributed by atoms with van der Waals surface area (Å²) in [5, 5.41) is 12.3.